The van der Waals surface area contributed by atoms with Gasteiger partial charge < -0.3 is 4.98 Å². The van der Waals surface area contributed by atoms with Crippen LogP contribution in [0.5, 0.6) is 0 Å². The third-order valence-corrected chi connectivity index (χ3v) is 4.03. The van der Waals surface area contributed by atoms with Gasteiger partial charge in [-0.05, 0) is 31.5 Å². The summed E-state index contributed by atoms with van der Waals surface area (Å²) in [7, 11) is 0. The van der Waals surface area contributed by atoms with Gasteiger partial charge in [-0.15, -0.1) is 0 Å². The zero-order valence-electron chi connectivity index (χ0n) is 13.4. The van der Waals surface area contributed by atoms with Crippen LogP contribution in [0.3, 0.4) is 0 Å². The van der Waals surface area contributed by atoms with Gasteiger partial charge in [0.05, 0.1) is 34.1 Å². The van der Waals surface area contributed by atoms with Crippen LogP contribution in [-0.2, 0) is 6.42 Å². The first kappa shape index (κ1) is 14.7. The fourth-order valence-electron chi connectivity index (χ4n) is 2.74. The highest BCUT2D eigenvalue weighted by molar-refractivity contribution is 6.02. The van der Waals surface area contributed by atoms with Crippen LogP contribution in [0.1, 0.15) is 35.9 Å². The molecule has 0 aliphatic rings. The Morgan fingerprint density at radius 1 is 1.12 bits per heavy atom. The van der Waals surface area contributed by atoms with Crippen molar-refractivity contribution in [3.8, 4) is 0 Å². The third-order valence-electron chi connectivity index (χ3n) is 4.03. The Bertz CT molecular complexity index is 1020. The average Bonchev–Trinajstić information content (AvgIpc) is 2.99. The van der Waals surface area contributed by atoms with Crippen LogP contribution < -0.4 is 0 Å². The molecule has 120 valence electrons. The number of imidazole rings is 1. The molecule has 1 aromatic carbocycles. The molecule has 4 aromatic rings. The zero-order chi connectivity index (χ0) is 16.7. The minimum Gasteiger partial charge on any atom is -0.340 e. The van der Waals surface area contributed by atoms with E-state index in [9.17, 15) is 4.39 Å². The van der Waals surface area contributed by atoms with Gasteiger partial charge in [0.1, 0.15) is 12.0 Å². The van der Waals surface area contributed by atoms with Gasteiger partial charge in [-0.1, -0.05) is 6.07 Å². The van der Waals surface area contributed by atoms with E-state index in [2.05, 4.69) is 24.9 Å². The largest absolute Gasteiger partial charge is 0.340 e. The number of pyridine rings is 1. The van der Waals surface area contributed by atoms with Crippen LogP contribution in [0.2, 0.25) is 0 Å². The maximum atomic E-state index is 13.6. The Hall–Kier alpha value is -2.89. The molecule has 3 heterocycles. The summed E-state index contributed by atoms with van der Waals surface area (Å²) >= 11 is 0. The molecule has 6 heteroatoms. The fraction of sp³-hybridized carbons (Fsp3) is 0.222. The van der Waals surface area contributed by atoms with Crippen molar-refractivity contribution < 1.29 is 4.39 Å². The molecule has 3 aromatic heterocycles. The van der Waals surface area contributed by atoms with Crippen LogP contribution in [0.4, 0.5) is 4.39 Å². The summed E-state index contributed by atoms with van der Waals surface area (Å²) in [5.41, 5.74) is 4.80. The number of aryl methyl sites for hydroxylation is 1. The lowest BCUT2D eigenvalue weighted by molar-refractivity contribution is 0.374. The van der Waals surface area contributed by atoms with E-state index in [0.717, 1.165) is 39.1 Å². The Balaban J connectivity index is 1.80. The van der Waals surface area contributed by atoms with E-state index in [0.29, 0.717) is 12.0 Å². The number of fused-ring (bicyclic) bond motifs is 3. The number of H-pyrrole nitrogens is 1. The standard InChI is InChI=1S/C18H16FN5/c1-10-7-21-13(8-20-10)6-17-23-16-9-22-15-4-3-12(11(2)19)5-14(15)18(16)24-17/h3-5,7-9,11H,6H2,1-2H3,(H,23,24). The van der Waals surface area contributed by atoms with E-state index in [-0.39, 0.29) is 0 Å². The van der Waals surface area contributed by atoms with E-state index in [1.165, 1.54) is 6.92 Å². The fourth-order valence-corrected chi connectivity index (χ4v) is 2.74. The number of benzene rings is 1. The Morgan fingerprint density at radius 2 is 2.00 bits per heavy atom. The first-order valence-electron chi connectivity index (χ1n) is 7.79. The van der Waals surface area contributed by atoms with Gasteiger partial charge in [-0.2, -0.15) is 0 Å². The molecule has 0 amide bonds. The van der Waals surface area contributed by atoms with Crippen LogP contribution >= 0.6 is 0 Å². The number of aromatic amines is 1. The van der Waals surface area contributed by atoms with E-state index in [4.69, 9.17) is 0 Å². The second-order valence-corrected chi connectivity index (χ2v) is 5.92. The van der Waals surface area contributed by atoms with E-state index >= 15 is 0 Å². The number of hydrogen-bond donors (Lipinski definition) is 1. The molecule has 0 saturated heterocycles. The molecule has 0 radical (unpaired) electrons. The lowest BCUT2D eigenvalue weighted by Gasteiger charge is -2.04. The molecular weight excluding hydrogens is 305 g/mol. The predicted octanol–water partition coefficient (Wildman–Crippen LogP) is 3.83. The number of halogens is 1. The topological polar surface area (TPSA) is 67.3 Å². The molecule has 0 aliphatic carbocycles. The third kappa shape index (κ3) is 2.60. The Labute approximate surface area is 138 Å². The molecule has 24 heavy (non-hydrogen) atoms. The minimum atomic E-state index is -1.02. The molecule has 1 atom stereocenters. The summed E-state index contributed by atoms with van der Waals surface area (Å²) in [6.45, 7) is 3.43. The number of hydrogen-bond acceptors (Lipinski definition) is 4. The van der Waals surface area contributed by atoms with Crippen molar-refractivity contribution in [3.05, 3.63) is 59.6 Å². The van der Waals surface area contributed by atoms with Crippen LogP contribution in [0.15, 0.2) is 36.8 Å². The lowest BCUT2D eigenvalue weighted by Crippen LogP contribution is -1.96. The Kier molecular flexibility index (Phi) is 3.45. The van der Waals surface area contributed by atoms with Gasteiger partial charge in [-0.3, -0.25) is 15.0 Å². The highest BCUT2D eigenvalue weighted by Gasteiger charge is 2.11. The van der Waals surface area contributed by atoms with Crippen molar-refractivity contribution in [1.82, 2.24) is 24.9 Å². The predicted molar refractivity (Wildman–Crippen MR) is 90.5 cm³/mol. The highest BCUT2D eigenvalue weighted by Crippen LogP contribution is 2.26. The summed E-state index contributed by atoms with van der Waals surface area (Å²) in [5, 5.41) is 0.854. The number of alkyl halides is 1. The molecule has 0 bridgehead atoms. The van der Waals surface area contributed by atoms with Crippen molar-refractivity contribution in [2.75, 3.05) is 0 Å². The maximum Gasteiger partial charge on any atom is 0.122 e. The number of nitrogens with zero attached hydrogens (tertiary/aromatic N) is 4. The molecular formula is C18H16FN5. The van der Waals surface area contributed by atoms with E-state index in [1.807, 2.05) is 19.1 Å². The molecule has 4 rings (SSSR count). The smallest absolute Gasteiger partial charge is 0.122 e. The van der Waals surface area contributed by atoms with Gasteiger partial charge in [-0.25, -0.2) is 9.37 Å². The SMILES string of the molecule is Cc1cnc(Cc2nc3c(cnc4ccc(C(C)F)cc43)[nH]2)cn1. The van der Waals surface area contributed by atoms with E-state index in [1.54, 1.807) is 24.7 Å². The van der Waals surface area contributed by atoms with Crippen LogP contribution in [0.25, 0.3) is 21.9 Å². The normalized spacial score (nSPS) is 12.8. The van der Waals surface area contributed by atoms with Gasteiger partial charge >= 0.3 is 0 Å². The van der Waals surface area contributed by atoms with Crippen LogP contribution in [-0.4, -0.2) is 24.9 Å². The summed E-state index contributed by atoms with van der Waals surface area (Å²) in [6.07, 6.45) is 4.79. The second-order valence-electron chi connectivity index (χ2n) is 5.92. The maximum absolute atomic E-state index is 13.6. The van der Waals surface area contributed by atoms with Crippen molar-refractivity contribution in [3.63, 3.8) is 0 Å². The molecule has 1 N–H and O–H groups in total. The van der Waals surface area contributed by atoms with Gasteiger partial charge in [0.15, 0.2) is 0 Å². The highest BCUT2D eigenvalue weighted by atomic mass is 19.1. The number of rotatable bonds is 3. The number of aromatic nitrogens is 5. The summed E-state index contributed by atoms with van der Waals surface area (Å²) in [4.78, 5) is 21.0. The van der Waals surface area contributed by atoms with Crippen molar-refractivity contribution in [2.45, 2.75) is 26.4 Å². The van der Waals surface area contributed by atoms with Crippen molar-refractivity contribution in [2.24, 2.45) is 0 Å². The van der Waals surface area contributed by atoms with Gasteiger partial charge in [0, 0.05) is 24.2 Å². The summed E-state index contributed by atoms with van der Waals surface area (Å²) in [5.74, 6) is 0.788. The van der Waals surface area contributed by atoms with Gasteiger partial charge in [0.25, 0.3) is 0 Å². The summed E-state index contributed by atoms with van der Waals surface area (Å²) < 4.78 is 13.6. The second kappa shape index (κ2) is 5.63. The van der Waals surface area contributed by atoms with E-state index < -0.39 is 6.17 Å². The summed E-state index contributed by atoms with van der Waals surface area (Å²) in [6, 6.07) is 5.42. The molecule has 0 saturated carbocycles. The average molecular weight is 321 g/mol. The quantitative estimate of drug-likeness (QED) is 0.623. The van der Waals surface area contributed by atoms with Crippen molar-refractivity contribution in [1.29, 1.82) is 0 Å². The first-order chi connectivity index (χ1) is 11.6. The lowest BCUT2D eigenvalue weighted by atomic mass is 10.1. The molecule has 0 fully saturated rings. The molecule has 5 nitrogen and oxygen atoms in total. The van der Waals surface area contributed by atoms with Crippen molar-refractivity contribution >= 4 is 21.9 Å². The molecule has 1 unspecified atom stereocenters. The first-order valence-corrected chi connectivity index (χ1v) is 7.79. The zero-order valence-corrected chi connectivity index (χ0v) is 13.4. The minimum absolute atomic E-state index is 0.558. The monoisotopic (exact) mass is 321 g/mol. The number of nitrogens with one attached hydrogen (secondary N) is 1. The van der Waals surface area contributed by atoms with Crippen LogP contribution in [0, 0.1) is 6.92 Å². The molecule has 0 spiro atoms. The Morgan fingerprint density at radius 3 is 2.75 bits per heavy atom. The molecule has 0 aliphatic heterocycles. The van der Waals surface area contributed by atoms with Gasteiger partial charge in [0.2, 0.25) is 0 Å².